The summed E-state index contributed by atoms with van der Waals surface area (Å²) in [5.74, 6) is 1.41. The average molecular weight is 400 g/mol. The Morgan fingerprint density at radius 3 is 2.78 bits per heavy atom. The van der Waals surface area contributed by atoms with E-state index >= 15 is 0 Å². The molecule has 0 bridgehead atoms. The van der Waals surface area contributed by atoms with E-state index in [0.717, 1.165) is 27.6 Å². The van der Waals surface area contributed by atoms with Crippen LogP contribution in [0.4, 0.5) is 5.69 Å². The molecule has 2 aromatic carbocycles. The predicted molar refractivity (Wildman–Crippen MR) is 108 cm³/mol. The maximum Gasteiger partial charge on any atom is 0.268 e. The Hall–Kier alpha value is -2.50. The molecule has 0 aliphatic carbocycles. The lowest BCUT2D eigenvalue weighted by atomic mass is 10.1. The molecule has 138 valence electrons. The average Bonchev–Trinajstić information content (AvgIpc) is 3.35. The number of fused-ring (bicyclic) bond motifs is 1. The van der Waals surface area contributed by atoms with Crippen LogP contribution in [-0.4, -0.2) is 19.1 Å². The number of anilines is 1. The van der Waals surface area contributed by atoms with Crippen LogP contribution < -0.4 is 14.4 Å². The third-order valence-electron chi connectivity index (χ3n) is 4.52. The monoisotopic (exact) mass is 399 g/mol. The SMILES string of the molecule is COc1ccc(N(Cc2cccs2)C(=O)C2Cc3cc(Cl)ccc3O2)cc1. The van der Waals surface area contributed by atoms with Crippen molar-refractivity contribution in [2.45, 2.75) is 19.1 Å². The first-order valence-corrected chi connectivity index (χ1v) is 9.82. The van der Waals surface area contributed by atoms with E-state index in [1.54, 1.807) is 29.4 Å². The van der Waals surface area contributed by atoms with Crippen molar-refractivity contribution >= 4 is 34.5 Å². The number of carbonyl (C=O) groups is 1. The Kier molecular flexibility index (Phi) is 5.05. The fourth-order valence-corrected chi connectivity index (χ4v) is 4.03. The van der Waals surface area contributed by atoms with Crippen molar-refractivity contribution in [2.24, 2.45) is 0 Å². The highest BCUT2D eigenvalue weighted by Crippen LogP contribution is 2.33. The summed E-state index contributed by atoms with van der Waals surface area (Å²) in [6.45, 7) is 0.500. The van der Waals surface area contributed by atoms with Gasteiger partial charge in [0.25, 0.3) is 5.91 Å². The second-order valence-electron chi connectivity index (χ2n) is 6.26. The van der Waals surface area contributed by atoms with Gasteiger partial charge in [0.1, 0.15) is 11.5 Å². The molecule has 1 aliphatic heterocycles. The number of halogens is 1. The smallest absolute Gasteiger partial charge is 0.268 e. The highest BCUT2D eigenvalue weighted by molar-refractivity contribution is 7.09. The Morgan fingerprint density at radius 1 is 1.26 bits per heavy atom. The van der Waals surface area contributed by atoms with E-state index in [1.165, 1.54) is 0 Å². The first-order chi connectivity index (χ1) is 13.1. The molecule has 3 aromatic rings. The molecule has 1 aromatic heterocycles. The van der Waals surface area contributed by atoms with E-state index in [4.69, 9.17) is 21.1 Å². The number of amides is 1. The molecule has 1 aliphatic rings. The van der Waals surface area contributed by atoms with Crippen LogP contribution in [0.15, 0.2) is 60.0 Å². The highest BCUT2D eigenvalue weighted by atomic mass is 35.5. The lowest BCUT2D eigenvalue weighted by molar-refractivity contribution is -0.124. The largest absolute Gasteiger partial charge is 0.497 e. The van der Waals surface area contributed by atoms with Crippen molar-refractivity contribution in [2.75, 3.05) is 12.0 Å². The number of carbonyl (C=O) groups excluding carboxylic acids is 1. The third kappa shape index (κ3) is 3.80. The molecule has 4 rings (SSSR count). The van der Waals surface area contributed by atoms with Gasteiger partial charge in [-0.2, -0.15) is 0 Å². The van der Waals surface area contributed by atoms with Gasteiger partial charge < -0.3 is 14.4 Å². The number of rotatable bonds is 5. The molecule has 6 heteroatoms. The summed E-state index contributed by atoms with van der Waals surface area (Å²) in [4.78, 5) is 16.2. The molecular formula is C21H18ClNO3S. The zero-order chi connectivity index (χ0) is 18.8. The predicted octanol–water partition coefficient (Wildman–Crippen LogP) is 4.95. The van der Waals surface area contributed by atoms with Crippen molar-refractivity contribution in [3.05, 3.63) is 75.4 Å². The van der Waals surface area contributed by atoms with Crippen LogP contribution in [-0.2, 0) is 17.8 Å². The van der Waals surface area contributed by atoms with Gasteiger partial charge in [-0.1, -0.05) is 17.7 Å². The standard InChI is InChI=1S/C21H18ClNO3S/c1-25-17-7-5-16(6-8-17)23(13-18-3-2-10-27-18)21(24)20-12-14-11-15(22)4-9-19(14)26-20/h2-11,20H,12-13H2,1H3. The summed E-state index contributed by atoms with van der Waals surface area (Å²) in [5.41, 5.74) is 1.78. The number of ether oxygens (including phenoxy) is 2. The van der Waals surface area contributed by atoms with Crippen LogP contribution in [0, 0.1) is 0 Å². The zero-order valence-electron chi connectivity index (χ0n) is 14.7. The van der Waals surface area contributed by atoms with Gasteiger partial charge in [-0.15, -0.1) is 11.3 Å². The molecule has 1 unspecified atom stereocenters. The molecule has 27 heavy (non-hydrogen) atoms. The van der Waals surface area contributed by atoms with E-state index in [9.17, 15) is 4.79 Å². The zero-order valence-corrected chi connectivity index (χ0v) is 16.3. The minimum Gasteiger partial charge on any atom is -0.497 e. The van der Waals surface area contributed by atoms with Crippen molar-refractivity contribution in [1.82, 2.24) is 0 Å². The molecule has 0 saturated carbocycles. The maximum absolute atomic E-state index is 13.3. The fourth-order valence-electron chi connectivity index (χ4n) is 3.15. The summed E-state index contributed by atoms with van der Waals surface area (Å²) in [7, 11) is 1.62. The molecule has 0 spiro atoms. The van der Waals surface area contributed by atoms with Crippen molar-refractivity contribution < 1.29 is 14.3 Å². The first kappa shape index (κ1) is 17.9. The van der Waals surface area contributed by atoms with Gasteiger partial charge in [0, 0.05) is 22.0 Å². The lowest BCUT2D eigenvalue weighted by Gasteiger charge is -2.25. The van der Waals surface area contributed by atoms with Gasteiger partial charge in [-0.25, -0.2) is 0 Å². The van der Waals surface area contributed by atoms with Gasteiger partial charge in [-0.05, 0) is 59.5 Å². The quantitative estimate of drug-likeness (QED) is 0.609. The van der Waals surface area contributed by atoms with Gasteiger partial charge in [0.15, 0.2) is 6.10 Å². The van der Waals surface area contributed by atoms with Crippen molar-refractivity contribution in [3.63, 3.8) is 0 Å². The van der Waals surface area contributed by atoms with Gasteiger partial charge in [0.2, 0.25) is 0 Å². The second-order valence-corrected chi connectivity index (χ2v) is 7.73. The number of thiophene rings is 1. The third-order valence-corrected chi connectivity index (χ3v) is 5.61. The Balaban J connectivity index is 1.60. The van der Waals surface area contributed by atoms with Crippen LogP contribution >= 0.6 is 22.9 Å². The minimum atomic E-state index is -0.555. The van der Waals surface area contributed by atoms with E-state index in [0.29, 0.717) is 18.0 Å². The van der Waals surface area contributed by atoms with Crippen LogP contribution in [0.5, 0.6) is 11.5 Å². The van der Waals surface area contributed by atoms with Crippen LogP contribution in [0.3, 0.4) is 0 Å². The topological polar surface area (TPSA) is 38.8 Å². The number of hydrogen-bond donors (Lipinski definition) is 0. The van der Waals surface area contributed by atoms with Crippen LogP contribution in [0.2, 0.25) is 5.02 Å². The summed E-state index contributed by atoms with van der Waals surface area (Å²) in [6, 6.07) is 17.0. The number of benzene rings is 2. The number of methoxy groups -OCH3 is 1. The van der Waals surface area contributed by atoms with E-state index in [1.807, 2.05) is 53.9 Å². The van der Waals surface area contributed by atoms with Crippen molar-refractivity contribution in [1.29, 1.82) is 0 Å². The molecule has 0 saturated heterocycles. The Bertz CT molecular complexity index is 941. The Labute approximate surface area is 166 Å². The summed E-state index contributed by atoms with van der Waals surface area (Å²) < 4.78 is 11.1. The lowest BCUT2D eigenvalue weighted by Crippen LogP contribution is -2.41. The highest BCUT2D eigenvalue weighted by Gasteiger charge is 2.33. The maximum atomic E-state index is 13.3. The summed E-state index contributed by atoms with van der Waals surface area (Å²) in [5, 5.41) is 2.66. The van der Waals surface area contributed by atoms with E-state index in [-0.39, 0.29) is 5.91 Å². The van der Waals surface area contributed by atoms with Crippen molar-refractivity contribution in [3.8, 4) is 11.5 Å². The molecule has 0 N–H and O–H groups in total. The molecule has 0 fully saturated rings. The van der Waals surface area contributed by atoms with E-state index in [2.05, 4.69) is 0 Å². The van der Waals surface area contributed by atoms with Crippen LogP contribution in [0.25, 0.3) is 0 Å². The molecule has 1 amide bonds. The van der Waals surface area contributed by atoms with Crippen LogP contribution in [0.1, 0.15) is 10.4 Å². The molecule has 0 radical (unpaired) electrons. The molecule has 1 atom stereocenters. The normalized spacial score (nSPS) is 15.1. The van der Waals surface area contributed by atoms with Gasteiger partial charge in [0.05, 0.1) is 13.7 Å². The summed E-state index contributed by atoms with van der Waals surface area (Å²) in [6.07, 6.45) is -0.0354. The Morgan fingerprint density at radius 2 is 2.07 bits per heavy atom. The van der Waals surface area contributed by atoms with Gasteiger partial charge >= 0.3 is 0 Å². The number of hydrogen-bond acceptors (Lipinski definition) is 4. The fraction of sp³-hybridized carbons (Fsp3) is 0.190. The minimum absolute atomic E-state index is 0.0686. The summed E-state index contributed by atoms with van der Waals surface area (Å²) >= 11 is 7.70. The number of nitrogens with zero attached hydrogens (tertiary/aromatic N) is 1. The second kappa shape index (κ2) is 7.62. The van der Waals surface area contributed by atoms with Gasteiger partial charge in [-0.3, -0.25) is 4.79 Å². The van der Waals surface area contributed by atoms with E-state index < -0.39 is 6.10 Å². The first-order valence-electron chi connectivity index (χ1n) is 8.57. The molecular weight excluding hydrogens is 382 g/mol. The molecule has 4 nitrogen and oxygen atoms in total. The molecule has 2 heterocycles.